The van der Waals surface area contributed by atoms with Crippen LogP contribution in [-0.4, -0.2) is 15.4 Å². The summed E-state index contributed by atoms with van der Waals surface area (Å²) in [7, 11) is 0. The van der Waals surface area contributed by atoms with Crippen molar-refractivity contribution in [3.05, 3.63) is 36.5 Å². The Kier molecular flexibility index (Phi) is 1.41. The number of H-pyrrole nitrogens is 1. The monoisotopic (exact) mass is 144 g/mol. The minimum Gasteiger partial charge on any atom is -0.258 e. The fourth-order valence-corrected chi connectivity index (χ4v) is 0.889. The van der Waals surface area contributed by atoms with E-state index in [1.54, 1.807) is 6.20 Å². The number of aromatic nitrogens is 3. The molecule has 0 bridgehead atoms. The van der Waals surface area contributed by atoms with Crippen LogP contribution in [0.15, 0.2) is 30.5 Å². The lowest BCUT2D eigenvalue weighted by Gasteiger charge is -1.91. The van der Waals surface area contributed by atoms with Crippen LogP contribution in [0.5, 0.6) is 0 Å². The van der Waals surface area contributed by atoms with Crippen molar-refractivity contribution in [1.82, 2.24) is 15.4 Å². The molecule has 1 heterocycles. The molecule has 0 spiro atoms. The molecular weight excluding hydrogens is 138 g/mol. The molecule has 0 saturated carbocycles. The van der Waals surface area contributed by atoms with Crippen molar-refractivity contribution in [2.24, 2.45) is 0 Å². The zero-order valence-electron chi connectivity index (χ0n) is 5.78. The Labute approximate surface area is 64.1 Å². The largest absolute Gasteiger partial charge is 0.258 e. The van der Waals surface area contributed by atoms with Crippen molar-refractivity contribution in [3.8, 4) is 11.3 Å². The molecule has 0 amide bonds. The number of nitrogens with one attached hydrogen (secondary N) is 1. The Bertz CT molecular complexity index is 312. The molecule has 0 unspecified atom stereocenters. The van der Waals surface area contributed by atoms with Gasteiger partial charge < -0.3 is 0 Å². The van der Waals surface area contributed by atoms with Crippen molar-refractivity contribution in [1.29, 1.82) is 0 Å². The summed E-state index contributed by atoms with van der Waals surface area (Å²) in [4.78, 5) is 0. The Morgan fingerprint density at radius 2 is 2.36 bits per heavy atom. The predicted octanol–water partition coefficient (Wildman–Crippen LogP) is 1.27. The standard InChI is InChI=1S/C8H6N3/c1-2-4-7(5-3-1)8-6-9-11-10-8/h1-4,6H,(H,9,10,11). The molecule has 53 valence electrons. The second-order valence-electron chi connectivity index (χ2n) is 2.15. The normalized spacial score (nSPS) is 9.82. The third-order valence-electron chi connectivity index (χ3n) is 1.41. The van der Waals surface area contributed by atoms with Gasteiger partial charge >= 0.3 is 0 Å². The first kappa shape index (κ1) is 6.09. The van der Waals surface area contributed by atoms with Crippen molar-refractivity contribution >= 4 is 0 Å². The van der Waals surface area contributed by atoms with Crippen LogP contribution in [0.1, 0.15) is 0 Å². The Balaban J connectivity index is 2.46. The molecule has 1 radical (unpaired) electrons. The van der Waals surface area contributed by atoms with Gasteiger partial charge in [-0.2, -0.15) is 0 Å². The van der Waals surface area contributed by atoms with Gasteiger partial charge in [0.2, 0.25) is 0 Å². The first-order valence-corrected chi connectivity index (χ1v) is 3.30. The van der Waals surface area contributed by atoms with Crippen LogP contribution in [0.2, 0.25) is 0 Å². The minimum atomic E-state index is 0.894. The van der Waals surface area contributed by atoms with Gasteiger partial charge in [0, 0.05) is 5.56 Å². The third-order valence-corrected chi connectivity index (χ3v) is 1.41. The Morgan fingerprint density at radius 1 is 1.36 bits per heavy atom. The summed E-state index contributed by atoms with van der Waals surface area (Å²) in [5.41, 5.74) is 1.88. The quantitative estimate of drug-likeness (QED) is 0.654. The molecule has 1 aromatic carbocycles. The van der Waals surface area contributed by atoms with Crippen molar-refractivity contribution in [2.45, 2.75) is 0 Å². The molecule has 0 atom stereocenters. The van der Waals surface area contributed by atoms with Crippen molar-refractivity contribution < 1.29 is 0 Å². The molecule has 1 N–H and O–H groups in total. The smallest absolute Gasteiger partial charge is 0.0859 e. The molecule has 3 heteroatoms. The maximum atomic E-state index is 3.67. The van der Waals surface area contributed by atoms with Crippen LogP contribution < -0.4 is 0 Å². The SMILES string of the molecule is [c]1ccccc1-c1cnn[nH]1. The number of benzene rings is 1. The predicted molar refractivity (Wildman–Crippen MR) is 40.7 cm³/mol. The van der Waals surface area contributed by atoms with Crippen LogP contribution >= 0.6 is 0 Å². The first-order valence-electron chi connectivity index (χ1n) is 3.30. The number of hydrogen-bond donors (Lipinski definition) is 1. The number of hydrogen-bond acceptors (Lipinski definition) is 2. The highest BCUT2D eigenvalue weighted by Gasteiger charge is 1.95. The van der Waals surface area contributed by atoms with Gasteiger partial charge in [0.05, 0.1) is 11.9 Å². The average molecular weight is 144 g/mol. The van der Waals surface area contributed by atoms with Crippen LogP contribution in [0.3, 0.4) is 0 Å². The number of rotatable bonds is 1. The van der Waals surface area contributed by atoms with Gasteiger partial charge in [0.25, 0.3) is 0 Å². The summed E-state index contributed by atoms with van der Waals surface area (Å²) in [6.45, 7) is 0. The van der Waals surface area contributed by atoms with E-state index in [4.69, 9.17) is 0 Å². The molecule has 0 aliphatic rings. The lowest BCUT2D eigenvalue weighted by atomic mass is 10.2. The molecule has 0 fully saturated rings. The summed E-state index contributed by atoms with van der Waals surface area (Å²) in [6, 6.07) is 10.7. The van der Waals surface area contributed by atoms with E-state index in [1.165, 1.54) is 0 Å². The third kappa shape index (κ3) is 1.12. The van der Waals surface area contributed by atoms with E-state index in [0.717, 1.165) is 11.3 Å². The second kappa shape index (κ2) is 2.54. The second-order valence-corrected chi connectivity index (χ2v) is 2.15. The first-order chi connectivity index (χ1) is 5.47. The van der Waals surface area contributed by atoms with Gasteiger partial charge in [-0.3, -0.25) is 5.10 Å². The lowest BCUT2D eigenvalue weighted by Crippen LogP contribution is -1.75. The molecule has 0 aliphatic heterocycles. The summed E-state index contributed by atoms with van der Waals surface area (Å²) in [5, 5.41) is 10.0. The molecule has 0 saturated heterocycles. The fourth-order valence-electron chi connectivity index (χ4n) is 0.889. The molecule has 11 heavy (non-hydrogen) atoms. The summed E-state index contributed by atoms with van der Waals surface area (Å²) < 4.78 is 0. The van der Waals surface area contributed by atoms with Crippen LogP contribution in [0.25, 0.3) is 11.3 Å². The van der Waals surface area contributed by atoms with Crippen molar-refractivity contribution in [3.63, 3.8) is 0 Å². The van der Waals surface area contributed by atoms with Gasteiger partial charge in [-0.1, -0.05) is 29.5 Å². The average Bonchev–Trinajstić information content (AvgIpc) is 2.58. The highest BCUT2D eigenvalue weighted by molar-refractivity contribution is 5.55. The van der Waals surface area contributed by atoms with E-state index in [-0.39, 0.29) is 0 Å². The van der Waals surface area contributed by atoms with E-state index in [2.05, 4.69) is 21.5 Å². The van der Waals surface area contributed by atoms with Gasteiger partial charge in [-0.05, 0) is 6.07 Å². The summed E-state index contributed by atoms with van der Waals surface area (Å²) in [6.07, 6.45) is 1.67. The maximum Gasteiger partial charge on any atom is 0.0859 e. The summed E-state index contributed by atoms with van der Waals surface area (Å²) in [5.74, 6) is 0. The van der Waals surface area contributed by atoms with E-state index in [0.29, 0.717) is 0 Å². The topological polar surface area (TPSA) is 41.6 Å². The lowest BCUT2D eigenvalue weighted by molar-refractivity contribution is 0.942. The molecule has 1 aromatic heterocycles. The van der Waals surface area contributed by atoms with E-state index >= 15 is 0 Å². The van der Waals surface area contributed by atoms with Crippen molar-refractivity contribution in [2.75, 3.05) is 0 Å². The van der Waals surface area contributed by atoms with Gasteiger partial charge in [0.1, 0.15) is 0 Å². The fraction of sp³-hybridized carbons (Fsp3) is 0. The minimum absolute atomic E-state index is 0.894. The summed E-state index contributed by atoms with van der Waals surface area (Å²) >= 11 is 0. The van der Waals surface area contributed by atoms with Crippen LogP contribution in [0, 0.1) is 6.07 Å². The van der Waals surface area contributed by atoms with Gasteiger partial charge in [-0.25, -0.2) is 0 Å². The van der Waals surface area contributed by atoms with E-state index in [9.17, 15) is 0 Å². The van der Waals surface area contributed by atoms with E-state index in [1.807, 2.05) is 24.3 Å². The van der Waals surface area contributed by atoms with E-state index < -0.39 is 0 Å². The van der Waals surface area contributed by atoms with Gasteiger partial charge in [0.15, 0.2) is 0 Å². The molecule has 3 nitrogen and oxygen atoms in total. The van der Waals surface area contributed by atoms with Crippen LogP contribution in [-0.2, 0) is 0 Å². The maximum absolute atomic E-state index is 3.67. The Morgan fingerprint density at radius 3 is 3.00 bits per heavy atom. The zero-order chi connectivity index (χ0) is 7.52. The molecule has 2 rings (SSSR count). The highest BCUT2D eigenvalue weighted by atomic mass is 15.3. The van der Waals surface area contributed by atoms with Gasteiger partial charge in [-0.15, -0.1) is 5.10 Å². The number of aromatic amines is 1. The Hall–Kier alpha value is -1.64. The molecule has 0 aliphatic carbocycles. The zero-order valence-corrected chi connectivity index (χ0v) is 5.78. The molecule has 2 aromatic rings. The highest BCUT2D eigenvalue weighted by Crippen LogP contribution is 2.12. The number of nitrogens with zero attached hydrogens (tertiary/aromatic N) is 2. The van der Waals surface area contributed by atoms with Crippen LogP contribution in [0.4, 0.5) is 0 Å². The molecular formula is C8H6N3.